The minimum absolute atomic E-state index is 0.0220. The molecule has 0 bridgehead atoms. The first-order chi connectivity index (χ1) is 15.2. The molecule has 1 aromatic heterocycles. The fraction of sp³-hybridized carbons (Fsp3) is 0.524. The van der Waals surface area contributed by atoms with E-state index >= 15 is 0 Å². The van der Waals surface area contributed by atoms with Crippen molar-refractivity contribution in [2.24, 2.45) is 0 Å². The standard InChI is InChI=1S/C21H28F2N4O3S2/c1-3-4-5-6-11-31-20-19(25-7-9-26(10-8-25)32(2,29)30)15-24-27(21(20)28)18-13-16(22)12-17(23)14-18/h12-15H,3-11H2,1-2H3. The van der Waals surface area contributed by atoms with Crippen LogP contribution in [-0.2, 0) is 10.0 Å². The Labute approximate surface area is 191 Å². The fourth-order valence-electron chi connectivity index (χ4n) is 3.60. The third kappa shape index (κ3) is 6.08. The number of aromatic nitrogens is 2. The highest BCUT2D eigenvalue weighted by molar-refractivity contribution is 7.99. The number of piperazine rings is 1. The number of benzene rings is 1. The monoisotopic (exact) mass is 486 g/mol. The maximum absolute atomic E-state index is 13.7. The molecule has 1 aliphatic rings. The Kier molecular flexibility index (Phi) is 8.29. The first-order valence-electron chi connectivity index (χ1n) is 10.6. The van der Waals surface area contributed by atoms with Gasteiger partial charge >= 0.3 is 0 Å². The van der Waals surface area contributed by atoms with E-state index in [9.17, 15) is 22.0 Å². The van der Waals surface area contributed by atoms with Crippen LogP contribution < -0.4 is 10.5 Å². The summed E-state index contributed by atoms with van der Waals surface area (Å²) in [6, 6.07) is 2.88. The van der Waals surface area contributed by atoms with E-state index in [1.807, 2.05) is 4.90 Å². The van der Waals surface area contributed by atoms with Crippen LogP contribution in [0, 0.1) is 11.6 Å². The number of hydrogen-bond acceptors (Lipinski definition) is 6. The average molecular weight is 487 g/mol. The first-order valence-corrected chi connectivity index (χ1v) is 13.5. The Balaban J connectivity index is 1.92. The highest BCUT2D eigenvalue weighted by Gasteiger charge is 2.26. The molecule has 176 valence electrons. The quantitative estimate of drug-likeness (QED) is 0.400. The lowest BCUT2D eigenvalue weighted by atomic mass is 10.2. The predicted octanol–water partition coefficient (Wildman–Crippen LogP) is 3.26. The summed E-state index contributed by atoms with van der Waals surface area (Å²) < 4.78 is 53.5. The normalized spacial score (nSPS) is 15.3. The van der Waals surface area contributed by atoms with E-state index in [0.717, 1.165) is 54.3 Å². The summed E-state index contributed by atoms with van der Waals surface area (Å²) in [4.78, 5) is 15.7. The second-order valence-electron chi connectivity index (χ2n) is 7.76. The number of unbranched alkanes of at least 4 members (excludes halogenated alkanes) is 3. The predicted molar refractivity (Wildman–Crippen MR) is 123 cm³/mol. The largest absolute Gasteiger partial charge is 0.367 e. The van der Waals surface area contributed by atoms with E-state index in [-0.39, 0.29) is 5.69 Å². The number of hydrogen-bond donors (Lipinski definition) is 0. The molecule has 1 aromatic carbocycles. The third-order valence-electron chi connectivity index (χ3n) is 5.30. The van der Waals surface area contributed by atoms with Gasteiger partial charge in [0.25, 0.3) is 5.56 Å². The molecule has 11 heteroatoms. The van der Waals surface area contributed by atoms with E-state index in [4.69, 9.17) is 0 Å². The van der Waals surface area contributed by atoms with Gasteiger partial charge in [-0.3, -0.25) is 4.79 Å². The van der Waals surface area contributed by atoms with Crippen LogP contribution in [0.1, 0.15) is 32.6 Å². The Morgan fingerprint density at radius 1 is 1.03 bits per heavy atom. The van der Waals surface area contributed by atoms with E-state index in [1.165, 1.54) is 28.5 Å². The lowest BCUT2D eigenvalue weighted by Gasteiger charge is -2.35. The van der Waals surface area contributed by atoms with Gasteiger partial charge in [-0.05, 0) is 24.3 Å². The van der Waals surface area contributed by atoms with E-state index in [1.54, 1.807) is 0 Å². The summed E-state index contributed by atoms with van der Waals surface area (Å²) >= 11 is 1.41. The smallest absolute Gasteiger partial charge is 0.287 e. The van der Waals surface area contributed by atoms with Crippen molar-refractivity contribution in [3.63, 3.8) is 0 Å². The minimum atomic E-state index is -3.27. The van der Waals surface area contributed by atoms with Gasteiger partial charge in [-0.15, -0.1) is 11.8 Å². The number of anilines is 1. The molecule has 1 saturated heterocycles. The number of sulfonamides is 1. The number of nitrogens with zero attached hydrogens (tertiary/aromatic N) is 4. The van der Waals surface area contributed by atoms with Gasteiger partial charge in [0.05, 0.1) is 28.7 Å². The molecule has 2 heterocycles. The number of thioether (sulfide) groups is 1. The summed E-state index contributed by atoms with van der Waals surface area (Å²) in [5.74, 6) is -0.848. The summed E-state index contributed by atoms with van der Waals surface area (Å²) in [6.45, 7) is 3.61. The zero-order chi connectivity index (χ0) is 23.3. The molecule has 0 spiro atoms. The van der Waals surface area contributed by atoms with Gasteiger partial charge < -0.3 is 4.90 Å². The zero-order valence-corrected chi connectivity index (χ0v) is 19.9. The van der Waals surface area contributed by atoms with Crippen molar-refractivity contribution < 1.29 is 17.2 Å². The van der Waals surface area contributed by atoms with E-state index < -0.39 is 27.2 Å². The second-order valence-corrected chi connectivity index (χ2v) is 10.8. The van der Waals surface area contributed by atoms with Crippen molar-refractivity contribution in [1.29, 1.82) is 0 Å². The van der Waals surface area contributed by atoms with Gasteiger partial charge in [0.15, 0.2) is 0 Å². The Bertz CT molecular complexity index is 1080. The molecule has 0 aliphatic carbocycles. The molecule has 0 atom stereocenters. The molecule has 0 radical (unpaired) electrons. The van der Waals surface area contributed by atoms with Crippen LogP contribution in [-0.4, -0.2) is 60.7 Å². The van der Waals surface area contributed by atoms with Gasteiger partial charge in [0.2, 0.25) is 10.0 Å². The fourth-order valence-corrected chi connectivity index (χ4v) is 5.52. The van der Waals surface area contributed by atoms with Crippen molar-refractivity contribution in [2.75, 3.05) is 43.1 Å². The summed E-state index contributed by atoms with van der Waals surface area (Å²) in [7, 11) is -3.27. The van der Waals surface area contributed by atoms with Crippen molar-refractivity contribution in [2.45, 2.75) is 37.5 Å². The molecule has 0 amide bonds. The lowest BCUT2D eigenvalue weighted by molar-refractivity contribution is 0.387. The summed E-state index contributed by atoms with van der Waals surface area (Å²) in [6.07, 6.45) is 6.92. The maximum Gasteiger partial charge on any atom is 0.287 e. The summed E-state index contributed by atoms with van der Waals surface area (Å²) in [5, 5.41) is 4.18. The van der Waals surface area contributed by atoms with Crippen molar-refractivity contribution in [3.05, 3.63) is 46.4 Å². The average Bonchev–Trinajstić information content (AvgIpc) is 2.73. The van der Waals surface area contributed by atoms with Gasteiger partial charge in [-0.25, -0.2) is 17.2 Å². The van der Waals surface area contributed by atoms with Crippen LogP contribution >= 0.6 is 11.8 Å². The van der Waals surface area contributed by atoms with Crippen LogP contribution in [0.3, 0.4) is 0 Å². The van der Waals surface area contributed by atoms with Gasteiger partial charge in [0, 0.05) is 32.2 Å². The van der Waals surface area contributed by atoms with Crippen LogP contribution in [0.5, 0.6) is 0 Å². The molecule has 1 aliphatic heterocycles. The Hall–Kier alpha value is -1.98. The lowest BCUT2D eigenvalue weighted by Crippen LogP contribution is -2.49. The number of rotatable bonds is 9. The third-order valence-corrected chi connectivity index (χ3v) is 7.77. The highest BCUT2D eigenvalue weighted by Crippen LogP contribution is 2.29. The maximum atomic E-state index is 13.7. The Morgan fingerprint density at radius 2 is 1.69 bits per heavy atom. The molecule has 3 rings (SSSR count). The van der Waals surface area contributed by atoms with E-state index in [0.29, 0.717) is 36.8 Å². The summed E-state index contributed by atoms with van der Waals surface area (Å²) in [5.41, 5.74) is 0.198. The number of halogens is 2. The molecule has 0 unspecified atom stereocenters. The molecule has 32 heavy (non-hydrogen) atoms. The Morgan fingerprint density at radius 3 is 2.28 bits per heavy atom. The van der Waals surface area contributed by atoms with Gasteiger partial charge in [-0.1, -0.05) is 26.2 Å². The van der Waals surface area contributed by atoms with Crippen molar-refractivity contribution in [3.8, 4) is 5.69 Å². The van der Waals surface area contributed by atoms with Crippen molar-refractivity contribution in [1.82, 2.24) is 14.1 Å². The van der Waals surface area contributed by atoms with Crippen LogP contribution in [0.4, 0.5) is 14.5 Å². The van der Waals surface area contributed by atoms with Crippen LogP contribution in [0.2, 0.25) is 0 Å². The van der Waals surface area contributed by atoms with Gasteiger partial charge in [-0.2, -0.15) is 14.1 Å². The highest BCUT2D eigenvalue weighted by atomic mass is 32.2. The first kappa shape index (κ1) is 24.7. The van der Waals surface area contributed by atoms with Gasteiger partial charge in [0.1, 0.15) is 11.6 Å². The second kappa shape index (κ2) is 10.8. The molecule has 2 aromatic rings. The molecular formula is C21H28F2N4O3S2. The molecule has 7 nitrogen and oxygen atoms in total. The molecule has 0 N–H and O–H groups in total. The van der Waals surface area contributed by atoms with Crippen molar-refractivity contribution >= 4 is 27.5 Å². The molecule has 1 fully saturated rings. The topological polar surface area (TPSA) is 75.5 Å². The SMILES string of the molecule is CCCCCCSc1c(N2CCN(S(C)(=O)=O)CC2)cnn(-c2cc(F)cc(F)c2)c1=O. The van der Waals surface area contributed by atoms with Crippen LogP contribution in [0.15, 0.2) is 34.1 Å². The van der Waals surface area contributed by atoms with E-state index in [2.05, 4.69) is 12.0 Å². The van der Waals surface area contributed by atoms with Crippen LogP contribution in [0.25, 0.3) is 5.69 Å². The molecular weight excluding hydrogens is 458 g/mol. The molecule has 0 saturated carbocycles. The minimum Gasteiger partial charge on any atom is -0.367 e. The zero-order valence-electron chi connectivity index (χ0n) is 18.3.